The highest BCUT2D eigenvalue weighted by atomic mass is 16.5. The highest BCUT2D eigenvalue weighted by molar-refractivity contribution is 5.92. The average Bonchev–Trinajstić information content (AvgIpc) is 3.50. The maximum absolute atomic E-state index is 12.1. The second-order valence-electron chi connectivity index (χ2n) is 8.86. The molecule has 0 amide bonds. The SMILES string of the molecule is COC(=O)c1cn(CC[C@H](OC2CCCC2)[C@H](O)c2cc(OC)c(C)c(OC)c2)cc1CC(=O)O. The van der Waals surface area contributed by atoms with Crippen LogP contribution in [0.15, 0.2) is 24.5 Å². The van der Waals surface area contributed by atoms with Crippen molar-refractivity contribution in [1.82, 2.24) is 4.57 Å². The number of hydrogen-bond donors (Lipinski definition) is 2. The fourth-order valence-electron chi connectivity index (χ4n) is 4.62. The summed E-state index contributed by atoms with van der Waals surface area (Å²) in [7, 11) is 4.41. The first-order chi connectivity index (χ1) is 16.8. The van der Waals surface area contributed by atoms with E-state index in [0.29, 0.717) is 35.6 Å². The number of aliphatic hydroxyl groups is 1. The molecule has 1 saturated carbocycles. The molecular weight excluding hydrogens is 454 g/mol. The van der Waals surface area contributed by atoms with Crippen LogP contribution in [0.2, 0.25) is 0 Å². The Morgan fingerprint density at radius 1 is 1.09 bits per heavy atom. The van der Waals surface area contributed by atoms with E-state index in [0.717, 1.165) is 31.2 Å². The molecule has 1 fully saturated rings. The molecule has 1 heterocycles. The molecule has 0 bridgehead atoms. The zero-order valence-electron chi connectivity index (χ0n) is 20.8. The van der Waals surface area contributed by atoms with Crippen LogP contribution in [0.25, 0.3) is 0 Å². The third-order valence-corrected chi connectivity index (χ3v) is 6.52. The normalized spacial score (nSPS) is 15.6. The molecule has 0 aliphatic heterocycles. The molecule has 35 heavy (non-hydrogen) atoms. The minimum absolute atomic E-state index is 0.0711. The van der Waals surface area contributed by atoms with Crippen molar-refractivity contribution in [3.63, 3.8) is 0 Å². The van der Waals surface area contributed by atoms with Gasteiger partial charge in [-0.15, -0.1) is 0 Å². The Labute approximate surface area is 205 Å². The summed E-state index contributed by atoms with van der Waals surface area (Å²) in [5, 5.41) is 20.6. The van der Waals surface area contributed by atoms with Crippen LogP contribution < -0.4 is 9.47 Å². The van der Waals surface area contributed by atoms with Crippen molar-refractivity contribution in [1.29, 1.82) is 0 Å². The van der Waals surface area contributed by atoms with Gasteiger partial charge in [0, 0.05) is 24.5 Å². The van der Waals surface area contributed by atoms with Crippen LogP contribution in [-0.2, 0) is 27.2 Å². The Kier molecular flexibility index (Phi) is 9.17. The van der Waals surface area contributed by atoms with E-state index in [2.05, 4.69) is 0 Å². The number of rotatable bonds is 12. The minimum Gasteiger partial charge on any atom is -0.496 e. The van der Waals surface area contributed by atoms with Gasteiger partial charge in [0.1, 0.15) is 17.6 Å². The van der Waals surface area contributed by atoms with Crippen LogP contribution in [0.5, 0.6) is 11.5 Å². The Morgan fingerprint density at radius 2 is 1.71 bits per heavy atom. The maximum atomic E-state index is 12.1. The van der Waals surface area contributed by atoms with Crippen LogP contribution in [0.3, 0.4) is 0 Å². The number of methoxy groups -OCH3 is 3. The number of carbonyl (C=O) groups is 2. The van der Waals surface area contributed by atoms with Crippen molar-refractivity contribution < 1.29 is 38.7 Å². The van der Waals surface area contributed by atoms with Gasteiger partial charge in [-0.3, -0.25) is 4.79 Å². The molecule has 0 spiro atoms. The zero-order valence-corrected chi connectivity index (χ0v) is 20.8. The third kappa shape index (κ3) is 6.55. The van der Waals surface area contributed by atoms with Gasteiger partial charge in [-0.05, 0) is 49.4 Å². The lowest BCUT2D eigenvalue weighted by Crippen LogP contribution is -2.28. The van der Waals surface area contributed by atoms with Crippen molar-refractivity contribution in [3.05, 3.63) is 46.8 Å². The lowest BCUT2D eigenvalue weighted by atomic mass is 9.99. The minimum atomic E-state index is -1.03. The number of carbonyl (C=O) groups excluding carboxylic acids is 1. The first kappa shape index (κ1) is 26.6. The fourth-order valence-corrected chi connectivity index (χ4v) is 4.62. The number of nitrogens with zero attached hydrogens (tertiary/aromatic N) is 1. The summed E-state index contributed by atoms with van der Waals surface area (Å²) >= 11 is 0. The van der Waals surface area contributed by atoms with E-state index < -0.39 is 24.1 Å². The van der Waals surface area contributed by atoms with Crippen molar-refractivity contribution in [2.24, 2.45) is 0 Å². The molecule has 3 rings (SSSR count). The van der Waals surface area contributed by atoms with Gasteiger partial charge in [-0.2, -0.15) is 0 Å². The molecule has 2 aromatic rings. The molecular formula is C26H35NO8. The van der Waals surface area contributed by atoms with Gasteiger partial charge in [0.2, 0.25) is 0 Å². The largest absolute Gasteiger partial charge is 0.496 e. The van der Waals surface area contributed by atoms with Gasteiger partial charge in [-0.25, -0.2) is 4.79 Å². The predicted octanol–water partition coefficient (Wildman–Crippen LogP) is 3.68. The summed E-state index contributed by atoms with van der Waals surface area (Å²) in [5.74, 6) is -0.389. The number of aliphatic carboxylic acids is 1. The Hall–Kier alpha value is -3.04. The van der Waals surface area contributed by atoms with Crippen LogP contribution in [0.1, 0.15) is 65.3 Å². The maximum Gasteiger partial charge on any atom is 0.339 e. The molecule has 9 heteroatoms. The standard InChI is InChI=1S/C26H35NO8/c1-16-22(32-2)11-17(12-23(16)33-3)25(30)21(35-19-7-5-6-8-19)9-10-27-14-18(13-24(28)29)20(15-27)26(31)34-4/h11-12,14-15,19,21,25,30H,5-10,13H2,1-4H3,(H,28,29)/t21-,25+/m0/s1. The Morgan fingerprint density at radius 3 is 2.26 bits per heavy atom. The van der Waals surface area contributed by atoms with Crippen LogP contribution in [0, 0.1) is 6.92 Å². The third-order valence-electron chi connectivity index (χ3n) is 6.52. The number of carboxylic acids is 1. The summed E-state index contributed by atoms with van der Waals surface area (Å²) in [6.07, 6.45) is 6.07. The quantitative estimate of drug-likeness (QED) is 0.434. The first-order valence-electron chi connectivity index (χ1n) is 11.8. The first-order valence-corrected chi connectivity index (χ1v) is 11.8. The van der Waals surface area contributed by atoms with Crippen molar-refractivity contribution >= 4 is 11.9 Å². The van der Waals surface area contributed by atoms with Crippen molar-refractivity contribution in [2.75, 3.05) is 21.3 Å². The van der Waals surface area contributed by atoms with E-state index in [9.17, 15) is 19.8 Å². The molecule has 1 aliphatic rings. The number of esters is 1. The number of carboxylic acid groups (broad SMARTS) is 1. The van der Waals surface area contributed by atoms with Gasteiger partial charge in [0.25, 0.3) is 0 Å². The van der Waals surface area contributed by atoms with E-state index in [-0.39, 0.29) is 18.1 Å². The summed E-state index contributed by atoms with van der Waals surface area (Å²) in [5.41, 5.74) is 2.07. The van der Waals surface area contributed by atoms with E-state index in [4.69, 9.17) is 18.9 Å². The molecule has 192 valence electrons. The van der Waals surface area contributed by atoms with E-state index in [1.165, 1.54) is 7.11 Å². The number of hydrogen-bond acceptors (Lipinski definition) is 7. The molecule has 1 aliphatic carbocycles. The Balaban J connectivity index is 1.85. The summed E-state index contributed by atoms with van der Waals surface area (Å²) in [6.45, 7) is 2.30. The number of aliphatic hydroxyl groups excluding tert-OH is 1. The zero-order chi connectivity index (χ0) is 25.5. The molecule has 1 aromatic carbocycles. The highest BCUT2D eigenvalue weighted by Gasteiger charge is 2.28. The second kappa shape index (κ2) is 12.1. The topological polar surface area (TPSA) is 116 Å². The van der Waals surface area contributed by atoms with E-state index in [1.54, 1.807) is 43.3 Å². The average molecular weight is 490 g/mol. The molecule has 2 N–H and O–H groups in total. The summed E-state index contributed by atoms with van der Waals surface area (Å²) < 4.78 is 23.9. The number of aryl methyl sites for hydroxylation is 1. The molecule has 0 radical (unpaired) electrons. The second-order valence-corrected chi connectivity index (χ2v) is 8.86. The molecule has 0 saturated heterocycles. The van der Waals surface area contributed by atoms with Gasteiger partial charge >= 0.3 is 11.9 Å². The van der Waals surface area contributed by atoms with Crippen LogP contribution >= 0.6 is 0 Å². The van der Waals surface area contributed by atoms with Gasteiger partial charge < -0.3 is 33.7 Å². The van der Waals surface area contributed by atoms with Crippen molar-refractivity contribution in [3.8, 4) is 11.5 Å². The smallest absolute Gasteiger partial charge is 0.339 e. The molecule has 0 unspecified atom stereocenters. The number of ether oxygens (including phenoxy) is 4. The monoisotopic (exact) mass is 489 g/mol. The molecule has 9 nitrogen and oxygen atoms in total. The fraction of sp³-hybridized carbons (Fsp3) is 0.538. The van der Waals surface area contributed by atoms with E-state index >= 15 is 0 Å². The highest BCUT2D eigenvalue weighted by Crippen LogP contribution is 2.35. The van der Waals surface area contributed by atoms with Crippen LogP contribution in [0.4, 0.5) is 0 Å². The van der Waals surface area contributed by atoms with Gasteiger partial charge in [-0.1, -0.05) is 12.8 Å². The van der Waals surface area contributed by atoms with E-state index in [1.807, 2.05) is 6.92 Å². The lowest BCUT2D eigenvalue weighted by molar-refractivity contribution is -0.136. The summed E-state index contributed by atoms with van der Waals surface area (Å²) in [6, 6.07) is 3.59. The molecule has 2 atom stereocenters. The number of aromatic nitrogens is 1. The van der Waals surface area contributed by atoms with Gasteiger partial charge in [0.05, 0.1) is 45.5 Å². The van der Waals surface area contributed by atoms with Crippen LogP contribution in [-0.4, -0.2) is 60.3 Å². The van der Waals surface area contributed by atoms with Gasteiger partial charge in [0.15, 0.2) is 0 Å². The van der Waals surface area contributed by atoms with Crippen molar-refractivity contribution in [2.45, 2.75) is 70.3 Å². The Bertz CT molecular complexity index is 999. The number of benzene rings is 1. The molecule has 1 aromatic heterocycles. The summed E-state index contributed by atoms with van der Waals surface area (Å²) in [4.78, 5) is 23.4. The lowest BCUT2D eigenvalue weighted by Gasteiger charge is -2.28. The predicted molar refractivity (Wildman–Crippen MR) is 128 cm³/mol.